The molecular formula is C20H18F3N3O2. The quantitative estimate of drug-likeness (QED) is 0.644. The summed E-state index contributed by atoms with van der Waals surface area (Å²) in [7, 11) is 0. The summed E-state index contributed by atoms with van der Waals surface area (Å²) in [4.78, 5) is 19.8. The van der Waals surface area contributed by atoms with E-state index in [1.165, 1.54) is 37.5 Å². The van der Waals surface area contributed by atoms with Crippen molar-refractivity contribution in [3.05, 3.63) is 58.8 Å². The Hall–Kier alpha value is -2.90. The molecule has 1 aliphatic carbocycles. The molecule has 5 nitrogen and oxygen atoms in total. The van der Waals surface area contributed by atoms with Crippen molar-refractivity contribution < 1.29 is 17.9 Å². The molecule has 0 unspecified atom stereocenters. The van der Waals surface area contributed by atoms with Gasteiger partial charge in [-0.25, -0.2) is 4.98 Å². The number of hydrogen-bond acceptors (Lipinski definition) is 4. The highest BCUT2D eigenvalue weighted by atomic mass is 19.4. The monoisotopic (exact) mass is 389 g/mol. The van der Waals surface area contributed by atoms with Gasteiger partial charge in [0.05, 0.1) is 17.2 Å². The largest absolute Gasteiger partial charge is 0.438 e. The van der Waals surface area contributed by atoms with E-state index in [0.29, 0.717) is 16.8 Å². The molecule has 0 aliphatic heterocycles. The predicted octanol–water partition coefficient (Wildman–Crippen LogP) is 4.79. The molecule has 1 fully saturated rings. The van der Waals surface area contributed by atoms with Crippen LogP contribution in [-0.2, 0) is 12.7 Å². The molecule has 1 saturated carbocycles. The van der Waals surface area contributed by atoms with Crippen molar-refractivity contribution in [3.63, 3.8) is 0 Å². The third-order valence-corrected chi connectivity index (χ3v) is 5.04. The Morgan fingerprint density at radius 3 is 2.68 bits per heavy atom. The van der Waals surface area contributed by atoms with Gasteiger partial charge in [0.15, 0.2) is 0 Å². The molecule has 1 aromatic carbocycles. The lowest BCUT2D eigenvalue weighted by Crippen LogP contribution is -2.15. The first kappa shape index (κ1) is 18.5. The maximum absolute atomic E-state index is 13.1. The number of pyridine rings is 1. The summed E-state index contributed by atoms with van der Waals surface area (Å²) in [6, 6.07) is 6.74. The minimum Gasteiger partial charge on any atom is -0.438 e. The van der Waals surface area contributed by atoms with E-state index in [2.05, 4.69) is 9.97 Å². The van der Waals surface area contributed by atoms with E-state index in [-0.39, 0.29) is 5.75 Å². The highest BCUT2D eigenvalue weighted by Gasteiger charge is 2.35. The number of benzene rings is 1. The van der Waals surface area contributed by atoms with Crippen molar-refractivity contribution in [1.29, 1.82) is 0 Å². The Balaban J connectivity index is 1.69. The van der Waals surface area contributed by atoms with Gasteiger partial charge in [0.1, 0.15) is 11.3 Å². The second-order valence-corrected chi connectivity index (χ2v) is 6.99. The van der Waals surface area contributed by atoms with E-state index in [0.717, 1.165) is 25.5 Å². The van der Waals surface area contributed by atoms with Crippen molar-refractivity contribution in [1.82, 2.24) is 14.5 Å². The number of nitrogens with zero attached hydrogens (tertiary/aromatic N) is 3. The molecule has 0 amide bonds. The molecule has 146 valence electrons. The van der Waals surface area contributed by atoms with Crippen LogP contribution in [0.5, 0.6) is 11.6 Å². The van der Waals surface area contributed by atoms with Gasteiger partial charge in [0, 0.05) is 12.7 Å². The number of halogens is 3. The molecule has 0 atom stereocenters. The molecule has 0 saturated heterocycles. The number of hydrogen-bond donors (Lipinski definition) is 0. The number of rotatable bonds is 4. The molecule has 0 spiro atoms. The molecule has 2 aromatic heterocycles. The van der Waals surface area contributed by atoms with Crippen LogP contribution in [-0.4, -0.2) is 14.5 Å². The Kier molecular flexibility index (Phi) is 4.78. The first-order valence-electron chi connectivity index (χ1n) is 9.11. The maximum atomic E-state index is 13.1. The van der Waals surface area contributed by atoms with Gasteiger partial charge in [-0.15, -0.1) is 0 Å². The molecule has 0 N–H and O–H groups in total. The van der Waals surface area contributed by atoms with Crippen molar-refractivity contribution in [3.8, 4) is 11.6 Å². The highest BCUT2D eigenvalue weighted by Crippen LogP contribution is 2.37. The number of alkyl halides is 3. The van der Waals surface area contributed by atoms with Crippen LogP contribution in [0.3, 0.4) is 0 Å². The van der Waals surface area contributed by atoms with Crippen LogP contribution in [0.1, 0.15) is 31.2 Å². The number of ether oxygens (including phenoxy) is 1. The van der Waals surface area contributed by atoms with E-state index in [1.54, 1.807) is 12.1 Å². The van der Waals surface area contributed by atoms with Gasteiger partial charge >= 0.3 is 6.18 Å². The summed E-state index contributed by atoms with van der Waals surface area (Å²) >= 11 is 0. The van der Waals surface area contributed by atoms with Gasteiger partial charge < -0.3 is 9.30 Å². The summed E-state index contributed by atoms with van der Waals surface area (Å²) < 4.78 is 46.7. The van der Waals surface area contributed by atoms with E-state index in [1.807, 2.05) is 4.57 Å². The van der Waals surface area contributed by atoms with Crippen LogP contribution < -0.4 is 10.3 Å². The van der Waals surface area contributed by atoms with Gasteiger partial charge in [-0.05, 0) is 49.1 Å². The fourth-order valence-electron chi connectivity index (χ4n) is 3.67. The third-order valence-electron chi connectivity index (χ3n) is 5.04. The van der Waals surface area contributed by atoms with E-state index in [9.17, 15) is 18.0 Å². The van der Waals surface area contributed by atoms with Crippen LogP contribution in [0.2, 0.25) is 0 Å². The summed E-state index contributed by atoms with van der Waals surface area (Å²) in [5.74, 6) is 0.102. The normalized spacial score (nSPS) is 15.2. The maximum Gasteiger partial charge on any atom is 0.421 e. The predicted molar refractivity (Wildman–Crippen MR) is 97.3 cm³/mol. The summed E-state index contributed by atoms with van der Waals surface area (Å²) in [5, 5.41) is 0.308. The van der Waals surface area contributed by atoms with Gasteiger partial charge in [-0.3, -0.25) is 4.79 Å². The van der Waals surface area contributed by atoms with Gasteiger partial charge in [-0.1, -0.05) is 12.8 Å². The lowest BCUT2D eigenvalue weighted by Gasteiger charge is -2.15. The zero-order valence-electron chi connectivity index (χ0n) is 14.9. The second kappa shape index (κ2) is 7.26. The minimum absolute atomic E-state index is 0.106. The lowest BCUT2D eigenvalue weighted by atomic mass is 10.1. The molecule has 1 aliphatic rings. The van der Waals surface area contributed by atoms with Crippen LogP contribution in [0.4, 0.5) is 13.2 Å². The lowest BCUT2D eigenvalue weighted by molar-refractivity contribution is -0.138. The van der Waals surface area contributed by atoms with Crippen LogP contribution in [0.25, 0.3) is 10.9 Å². The average Bonchev–Trinajstić information content (AvgIpc) is 3.17. The number of aromatic nitrogens is 3. The Bertz CT molecular complexity index is 1060. The molecule has 8 heteroatoms. The standard InChI is InChI=1S/C20H18F3N3O2/c21-20(22,23)16-6-3-9-24-19(16)28-14-7-8-17-15(10-14)18(27)25-12-26(17)11-13-4-1-2-5-13/h3,6-10,12-13H,1-2,4-5,11H2. The smallest absolute Gasteiger partial charge is 0.421 e. The van der Waals surface area contributed by atoms with Crippen molar-refractivity contribution in [2.75, 3.05) is 0 Å². The first-order valence-corrected chi connectivity index (χ1v) is 9.11. The zero-order chi connectivity index (χ0) is 19.7. The summed E-state index contributed by atoms with van der Waals surface area (Å²) in [6.07, 6.45) is 2.88. The average molecular weight is 389 g/mol. The first-order chi connectivity index (χ1) is 13.4. The highest BCUT2D eigenvalue weighted by molar-refractivity contribution is 5.79. The van der Waals surface area contributed by atoms with Crippen LogP contribution in [0.15, 0.2) is 47.7 Å². The van der Waals surface area contributed by atoms with Gasteiger partial charge in [-0.2, -0.15) is 18.2 Å². The molecule has 4 rings (SSSR count). The Labute approximate surface area is 158 Å². The Morgan fingerprint density at radius 1 is 1.14 bits per heavy atom. The fourth-order valence-corrected chi connectivity index (χ4v) is 3.67. The second-order valence-electron chi connectivity index (χ2n) is 6.99. The molecule has 28 heavy (non-hydrogen) atoms. The van der Waals surface area contributed by atoms with Crippen molar-refractivity contribution >= 4 is 10.9 Å². The molecule has 0 radical (unpaired) electrons. The summed E-state index contributed by atoms with van der Waals surface area (Å²) in [5.41, 5.74) is -0.726. The SMILES string of the molecule is O=c1ncn(CC2CCCC2)c2ccc(Oc3ncccc3C(F)(F)F)cc12. The van der Waals surface area contributed by atoms with E-state index >= 15 is 0 Å². The van der Waals surface area contributed by atoms with Gasteiger partial charge in [0.25, 0.3) is 5.56 Å². The van der Waals surface area contributed by atoms with Gasteiger partial charge in [0.2, 0.25) is 5.88 Å². The van der Waals surface area contributed by atoms with E-state index in [4.69, 9.17) is 4.74 Å². The van der Waals surface area contributed by atoms with Crippen LogP contribution >= 0.6 is 0 Å². The summed E-state index contributed by atoms with van der Waals surface area (Å²) in [6.45, 7) is 0.766. The number of fused-ring (bicyclic) bond motifs is 1. The topological polar surface area (TPSA) is 57.0 Å². The molecule has 0 bridgehead atoms. The fraction of sp³-hybridized carbons (Fsp3) is 0.350. The van der Waals surface area contributed by atoms with Crippen molar-refractivity contribution in [2.24, 2.45) is 5.92 Å². The zero-order valence-corrected chi connectivity index (χ0v) is 14.9. The van der Waals surface area contributed by atoms with E-state index < -0.39 is 23.2 Å². The third kappa shape index (κ3) is 3.72. The molecule has 3 aromatic rings. The molecule has 2 heterocycles. The molecular weight excluding hydrogens is 371 g/mol. The van der Waals surface area contributed by atoms with Crippen LogP contribution in [0, 0.1) is 5.92 Å². The Morgan fingerprint density at radius 2 is 1.93 bits per heavy atom. The minimum atomic E-state index is -4.59. The van der Waals surface area contributed by atoms with Crippen molar-refractivity contribution in [2.45, 2.75) is 38.4 Å².